The van der Waals surface area contributed by atoms with Gasteiger partial charge in [0.2, 0.25) is 0 Å². The molecule has 0 aliphatic heterocycles. The summed E-state index contributed by atoms with van der Waals surface area (Å²) in [6.07, 6.45) is 4.71. The third-order valence-electron chi connectivity index (χ3n) is 3.43. The Hall–Kier alpha value is -1.91. The summed E-state index contributed by atoms with van der Waals surface area (Å²) in [5.41, 5.74) is 8.01. The van der Waals surface area contributed by atoms with Crippen LogP contribution in [-0.2, 0) is 13.0 Å². The van der Waals surface area contributed by atoms with Gasteiger partial charge in [-0.15, -0.1) is 0 Å². The molecule has 0 saturated carbocycles. The van der Waals surface area contributed by atoms with E-state index in [-0.39, 0.29) is 0 Å². The van der Waals surface area contributed by atoms with Gasteiger partial charge < -0.3 is 15.4 Å². The molecular formula is C17H23N3O. The fourth-order valence-corrected chi connectivity index (χ4v) is 2.02. The van der Waals surface area contributed by atoms with E-state index >= 15 is 0 Å². The fourth-order valence-electron chi connectivity index (χ4n) is 2.02. The van der Waals surface area contributed by atoms with E-state index in [4.69, 9.17) is 10.5 Å². The van der Waals surface area contributed by atoms with Crippen LogP contribution in [0.3, 0.4) is 0 Å². The highest BCUT2D eigenvalue weighted by molar-refractivity contribution is 5.27. The molecule has 112 valence electrons. The van der Waals surface area contributed by atoms with Crippen LogP contribution in [0.15, 0.2) is 48.8 Å². The number of likely N-dealkylation sites (N-methyl/N-ethyl adjacent to an activating group) is 1. The van der Waals surface area contributed by atoms with Gasteiger partial charge in [0.25, 0.3) is 0 Å². The standard InChI is InChI=1S/C17H23N3O/c1-20(11-8-15-6-9-19-10-7-15)12-13-21-17-4-2-16(14-18)3-5-17/h2-7,9-10H,8,11-14,18H2,1H3. The molecule has 0 unspecified atom stereocenters. The SMILES string of the molecule is CN(CCOc1ccc(CN)cc1)CCc1ccncc1. The molecule has 0 bridgehead atoms. The molecule has 4 heteroatoms. The van der Waals surface area contributed by atoms with E-state index in [0.29, 0.717) is 13.2 Å². The number of hydrogen-bond donors (Lipinski definition) is 1. The highest BCUT2D eigenvalue weighted by Gasteiger charge is 2.00. The van der Waals surface area contributed by atoms with Crippen LogP contribution in [0.25, 0.3) is 0 Å². The van der Waals surface area contributed by atoms with Crippen molar-refractivity contribution in [1.29, 1.82) is 0 Å². The van der Waals surface area contributed by atoms with Gasteiger partial charge in [0.05, 0.1) is 0 Å². The van der Waals surface area contributed by atoms with Crippen LogP contribution >= 0.6 is 0 Å². The maximum absolute atomic E-state index is 5.74. The Morgan fingerprint density at radius 1 is 1.00 bits per heavy atom. The number of nitrogens with zero attached hydrogens (tertiary/aromatic N) is 2. The van der Waals surface area contributed by atoms with E-state index in [0.717, 1.165) is 30.8 Å². The molecule has 0 fully saturated rings. The molecule has 2 N–H and O–H groups in total. The molecule has 1 heterocycles. The average Bonchev–Trinajstić information content (AvgIpc) is 2.54. The van der Waals surface area contributed by atoms with Crippen molar-refractivity contribution in [3.63, 3.8) is 0 Å². The molecule has 0 spiro atoms. The summed E-state index contributed by atoms with van der Waals surface area (Å²) in [6.45, 7) is 3.18. The first kappa shape index (κ1) is 15.5. The van der Waals surface area contributed by atoms with Gasteiger partial charge in [0.1, 0.15) is 12.4 Å². The van der Waals surface area contributed by atoms with Crippen LogP contribution in [0.2, 0.25) is 0 Å². The van der Waals surface area contributed by atoms with E-state index in [9.17, 15) is 0 Å². The van der Waals surface area contributed by atoms with E-state index in [1.54, 1.807) is 0 Å². The minimum absolute atomic E-state index is 0.567. The maximum atomic E-state index is 5.74. The Bertz CT molecular complexity index is 513. The molecule has 0 atom stereocenters. The van der Waals surface area contributed by atoms with Crippen molar-refractivity contribution in [2.24, 2.45) is 5.73 Å². The van der Waals surface area contributed by atoms with Crippen LogP contribution in [0.1, 0.15) is 11.1 Å². The largest absolute Gasteiger partial charge is 0.492 e. The molecule has 0 saturated heterocycles. The predicted molar refractivity (Wildman–Crippen MR) is 85.3 cm³/mol. The zero-order valence-corrected chi connectivity index (χ0v) is 12.5. The lowest BCUT2D eigenvalue weighted by molar-refractivity contribution is 0.239. The fraction of sp³-hybridized carbons (Fsp3) is 0.353. The van der Waals surface area contributed by atoms with Crippen LogP contribution in [0.5, 0.6) is 5.75 Å². The molecule has 1 aromatic heterocycles. The Morgan fingerprint density at radius 3 is 2.38 bits per heavy atom. The van der Waals surface area contributed by atoms with Crippen LogP contribution in [-0.4, -0.2) is 36.6 Å². The Balaban J connectivity index is 1.65. The monoisotopic (exact) mass is 285 g/mol. The van der Waals surface area contributed by atoms with Crippen LogP contribution < -0.4 is 10.5 Å². The first-order valence-electron chi connectivity index (χ1n) is 7.27. The van der Waals surface area contributed by atoms with Gasteiger partial charge in [0.15, 0.2) is 0 Å². The van der Waals surface area contributed by atoms with E-state index in [1.807, 2.05) is 36.7 Å². The van der Waals surface area contributed by atoms with Crippen LogP contribution in [0, 0.1) is 0 Å². The number of aromatic nitrogens is 1. The molecule has 21 heavy (non-hydrogen) atoms. The van der Waals surface area contributed by atoms with Gasteiger partial charge in [0, 0.05) is 32.0 Å². The number of hydrogen-bond acceptors (Lipinski definition) is 4. The highest BCUT2D eigenvalue weighted by Crippen LogP contribution is 2.11. The lowest BCUT2D eigenvalue weighted by atomic mass is 10.2. The second-order valence-electron chi connectivity index (χ2n) is 5.11. The molecule has 0 amide bonds. The van der Waals surface area contributed by atoms with Crippen molar-refractivity contribution in [3.8, 4) is 5.75 Å². The summed E-state index contributed by atoms with van der Waals surface area (Å²) in [4.78, 5) is 6.30. The van der Waals surface area contributed by atoms with E-state index in [1.165, 1.54) is 5.56 Å². The van der Waals surface area contributed by atoms with Gasteiger partial charge in [-0.2, -0.15) is 0 Å². The number of rotatable bonds is 8. The Labute approximate surface area is 126 Å². The first-order chi connectivity index (χ1) is 10.3. The van der Waals surface area contributed by atoms with Crippen molar-refractivity contribution >= 4 is 0 Å². The summed E-state index contributed by atoms with van der Waals surface area (Å²) < 4.78 is 5.74. The molecule has 2 rings (SSSR count). The molecule has 4 nitrogen and oxygen atoms in total. The van der Waals surface area contributed by atoms with Crippen molar-refractivity contribution in [2.75, 3.05) is 26.7 Å². The predicted octanol–water partition coefficient (Wildman–Crippen LogP) is 2.09. The van der Waals surface area contributed by atoms with Gasteiger partial charge in [-0.1, -0.05) is 12.1 Å². The maximum Gasteiger partial charge on any atom is 0.119 e. The number of pyridine rings is 1. The molecule has 2 aromatic rings. The van der Waals surface area contributed by atoms with E-state index in [2.05, 4.69) is 29.1 Å². The molecule has 0 aliphatic rings. The normalized spacial score (nSPS) is 10.8. The Kier molecular flexibility index (Phi) is 6.19. The van der Waals surface area contributed by atoms with E-state index < -0.39 is 0 Å². The average molecular weight is 285 g/mol. The van der Waals surface area contributed by atoms with Crippen LogP contribution in [0.4, 0.5) is 0 Å². The minimum atomic E-state index is 0.567. The summed E-state index contributed by atoms with van der Waals surface area (Å²) in [7, 11) is 2.11. The third kappa shape index (κ3) is 5.53. The molecule has 1 aromatic carbocycles. The second kappa shape index (κ2) is 8.39. The zero-order chi connectivity index (χ0) is 14.9. The quantitative estimate of drug-likeness (QED) is 0.807. The van der Waals surface area contributed by atoms with Crippen molar-refractivity contribution < 1.29 is 4.74 Å². The molecular weight excluding hydrogens is 262 g/mol. The van der Waals surface area contributed by atoms with Gasteiger partial charge in [-0.05, 0) is 48.9 Å². The third-order valence-corrected chi connectivity index (χ3v) is 3.43. The first-order valence-corrected chi connectivity index (χ1v) is 7.27. The Morgan fingerprint density at radius 2 is 1.71 bits per heavy atom. The number of benzene rings is 1. The lowest BCUT2D eigenvalue weighted by Gasteiger charge is -2.17. The summed E-state index contributed by atoms with van der Waals surface area (Å²) in [5.74, 6) is 0.898. The number of ether oxygens (including phenoxy) is 1. The lowest BCUT2D eigenvalue weighted by Crippen LogP contribution is -2.26. The molecule has 0 aliphatic carbocycles. The summed E-state index contributed by atoms with van der Waals surface area (Å²) >= 11 is 0. The van der Waals surface area contributed by atoms with Crippen molar-refractivity contribution in [3.05, 3.63) is 59.9 Å². The minimum Gasteiger partial charge on any atom is -0.492 e. The smallest absolute Gasteiger partial charge is 0.119 e. The summed E-state index contributed by atoms with van der Waals surface area (Å²) in [6, 6.07) is 12.1. The second-order valence-corrected chi connectivity index (χ2v) is 5.11. The van der Waals surface area contributed by atoms with Gasteiger partial charge >= 0.3 is 0 Å². The zero-order valence-electron chi connectivity index (χ0n) is 12.5. The van der Waals surface area contributed by atoms with Gasteiger partial charge in [-0.3, -0.25) is 4.98 Å². The van der Waals surface area contributed by atoms with Gasteiger partial charge in [-0.25, -0.2) is 0 Å². The summed E-state index contributed by atoms with van der Waals surface area (Å²) in [5, 5.41) is 0. The number of nitrogens with two attached hydrogens (primary N) is 1. The van der Waals surface area contributed by atoms with Crippen molar-refractivity contribution in [1.82, 2.24) is 9.88 Å². The highest BCUT2D eigenvalue weighted by atomic mass is 16.5. The topological polar surface area (TPSA) is 51.4 Å². The van der Waals surface area contributed by atoms with Crippen molar-refractivity contribution in [2.45, 2.75) is 13.0 Å². The molecule has 0 radical (unpaired) electrons.